The van der Waals surface area contributed by atoms with Gasteiger partial charge in [-0.1, -0.05) is 17.4 Å². The van der Waals surface area contributed by atoms with Crippen molar-refractivity contribution in [2.45, 2.75) is 32.4 Å². The van der Waals surface area contributed by atoms with E-state index in [0.29, 0.717) is 45.4 Å². The first-order chi connectivity index (χ1) is 19.7. The van der Waals surface area contributed by atoms with Gasteiger partial charge < -0.3 is 24.1 Å². The molecule has 0 aliphatic carbocycles. The Labute approximate surface area is 240 Å². The van der Waals surface area contributed by atoms with Crippen LogP contribution in [0.5, 0.6) is 23.0 Å². The predicted octanol–water partition coefficient (Wildman–Crippen LogP) is 5.58. The number of carbonyl (C=O) groups excluding carboxylic acids is 2. The Bertz CT molecular complexity index is 1730. The molecule has 41 heavy (non-hydrogen) atoms. The van der Waals surface area contributed by atoms with Gasteiger partial charge in [0.25, 0.3) is 5.78 Å². The van der Waals surface area contributed by atoms with Crippen molar-refractivity contribution in [1.82, 2.24) is 4.98 Å². The molecule has 3 heterocycles. The first-order valence-corrected chi connectivity index (χ1v) is 13.8. The molecule has 0 bridgehead atoms. The van der Waals surface area contributed by atoms with Crippen LogP contribution in [-0.4, -0.2) is 49.2 Å². The molecule has 2 aliphatic rings. The number of fused-ring (bicyclic) bond motifs is 2. The Kier molecular flexibility index (Phi) is 6.57. The molecule has 0 radical (unpaired) electrons. The summed E-state index contributed by atoms with van der Waals surface area (Å²) in [6.07, 6.45) is 0.682. The summed E-state index contributed by atoms with van der Waals surface area (Å²) in [5.74, 6) is -0.115. The van der Waals surface area contributed by atoms with Crippen LogP contribution in [0.1, 0.15) is 35.2 Å². The second-order valence-corrected chi connectivity index (χ2v) is 11.1. The SMILES string of the molecule is COc1cc([C@@H]2/C(=C(\O)c3ccc4c(c3)C[C@H](C)O4)C(=O)C(=O)N2c2nc3ccc(C)cc3s2)cc(OC)c1OC. The van der Waals surface area contributed by atoms with Gasteiger partial charge in [0.1, 0.15) is 17.6 Å². The lowest BCUT2D eigenvalue weighted by Gasteiger charge is -2.24. The number of aliphatic hydroxyl groups excluding tert-OH is 1. The minimum atomic E-state index is -1.02. The highest BCUT2D eigenvalue weighted by Gasteiger charge is 2.48. The third-order valence-corrected chi connectivity index (χ3v) is 8.37. The molecular weight excluding hydrogens is 544 g/mol. The summed E-state index contributed by atoms with van der Waals surface area (Å²) >= 11 is 1.30. The van der Waals surface area contributed by atoms with Gasteiger partial charge in [0.2, 0.25) is 5.75 Å². The average molecular weight is 573 g/mol. The number of aliphatic hydroxyl groups is 1. The van der Waals surface area contributed by atoms with Crippen molar-refractivity contribution < 1.29 is 33.6 Å². The zero-order valence-electron chi connectivity index (χ0n) is 23.2. The zero-order chi connectivity index (χ0) is 29.0. The van der Waals surface area contributed by atoms with Gasteiger partial charge in [-0.3, -0.25) is 14.5 Å². The largest absolute Gasteiger partial charge is 0.507 e. The van der Waals surface area contributed by atoms with Gasteiger partial charge in [-0.05, 0) is 73.0 Å². The van der Waals surface area contributed by atoms with Crippen molar-refractivity contribution in [3.8, 4) is 23.0 Å². The van der Waals surface area contributed by atoms with E-state index in [1.807, 2.05) is 32.0 Å². The molecule has 1 aromatic heterocycles. The van der Waals surface area contributed by atoms with E-state index in [9.17, 15) is 14.7 Å². The third-order valence-electron chi connectivity index (χ3n) is 7.36. The molecular formula is C31H28N2O7S. The lowest BCUT2D eigenvalue weighted by molar-refractivity contribution is -0.132. The molecule has 10 heteroatoms. The van der Waals surface area contributed by atoms with Gasteiger partial charge in [0.15, 0.2) is 16.6 Å². The fraction of sp³-hybridized carbons (Fsp3) is 0.258. The fourth-order valence-electron chi connectivity index (χ4n) is 5.45. The summed E-state index contributed by atoms with van der Waals surface area (Å²) in [4.78, 5) is 33.5. The van der Waals surface area contributed by atoms with E-state index in [4.69, 9.17) is 23.9 Å². The second kappa shape index (κ2) is 10.1. The van der Waals surface area contributed by atoms with Crippen molar-refractivity contribution in [3.05, 3.63) is 76.4 Å². The molecule has 1 amide bonds. The predicted molar refractivity (Wildman–Crippen MR) is 155 cm³/mol. The first-order valence-electron chi connectivity index (χ1n) is 13.0. The highest BCUT2D eigenvalue weighted by atomic mass is 32.1. The van der Waals surface area contributed by atoms with E-state index < -0.39 is 17.7 Å². The van der Waals surface area contributed by atoms with E-state index in [0.717, 1.165) is 21.6 Å². The van der Waals surface area contributed by atoms with Crippen LogP contribution < -0.4 is 23.8 Å². The maximum absolute atomic E-state index is 13.7. The molecule has 9 nitrogen and oxygen atoms in total. The van der Waals surface area contributed by atoms with Gasteiger partial charge in [-0.2, -0.15) is 0 Å². The molecule has 0 saturated carbocycles. The molecule has 0 unspecified atom stereocenters. The monoisotopic (exact) mass is 572 g/mol. The molecule has 4 aromatic rings. The first kappa shape index (κ1) is 26.6. The van der Waals surface area contributed by atoms with Crippen molar-refractivity contribution in [3.63, 3.8) is 0 Å². The van der Waals surface area contributed by atoms with Gasteiger partial charge in [-0.15, -0.1) is 0 Å². The molecule has 6 rings (SSSR count). The highest BCUT2D eigenvalue weighted by Crippen LogP contribution is 2.48. The number of methoxy groups -OCH3 is 3. The Morgan fingerprint density at radius 1 is 1.02 bits per heavy atom. The van der Waals surface area contributed by atoms with Crippen molar-refractivity contribution >= 4 is 44.1 Å². The number of hydrogen-bond donors (Lipinski definition) is 1. The summed E-state index contributed by atoms with van der Waals surface area (Å²) < 4.78 is 23.3. The minimum Gasteiger partial charge on any atom is -0.507 e. The normalized spacial score (nSPS) is 19.4. The van der Waals surface area contributed by atoms with Crippen LogP contribution in [-0.2, 0) is 16.0 Å². The smallest absolute Gasteiger partial charge is 0.301 e. The van der Waals surface area contributed by atoms with Crippen LogP contribution in [0.25, 0.3) is 16.0 Å². The number of carbonyl (C=O) groups is 2. The molecule has 210 valence electrons. The molecule has 2 aliphatic heterocycles. The van der Waals surface area contributed by atoms with Crippen LogP contribution >= 0.6 is 11.3 Å². The second-order valence-electron chi connectivity index (χ2n) is 10.1. The molecule has 3 aromatic carbocycles. The van der Waals surface area contributed by atoms with Crippen molar-refractivity contribution in [2.75, 3.05) is 26.2 Å². The van der Waals surface area contributed by atoms with Crippen LogP contribution in [0.3, 0.4) is 0 Å². The summed E-state index contributed by atoms with van der Waals surface area (Å²) in [5, 5.41) is 12.0. The number of ketones is 1. The number of anilines is 1. The average Bonchev–Trinajstić information content (AvgIpc) is 3.63. The van der Waals surface area contributed by atoms with E-state index in [1.165, 1.54) is 37.6 Å². The van der Waals surface area contributed by atoms with Crippen LogP contribution in [0, 0.1) is 6.92 Å². The number of benzene rings is 3. The number of aromatic nitrogens is 1. The topological polar surface area (TPSA) is 107 Å². The minimum absolute atomic E-state index is 0.00915. The number of amides is 1. The lowest BCUT2D eigenvalue weighted by atomic mass is 9.94. The van der Waals surface area contributed by atoms with Crippen molar-refractivity contribution in [2.24, 2.45) is 0 Å². The van der Waals surface area contributed by atoms with Crippen LogP contribution in [0.4, 0.5) is 5.13 Å². The molecule has 1 fully saturated rings. The van der Waals surface area contributed by atoms with Crippen LogP contribution in [0.2, 0.25) is 0 Å². The fourth-order valence-corrected chi connectivity index (χ4v) is 6.54. The van der Waals surface area contributed by atoms with Crippen molar-refractivity contribution in [1.29, 1.82) is 0 Å². The maximum Gasteiger partial charge on any atom is 0.301 e. The quantitative estimate of drug-likeness (QED) is 0.181. The number of nitrogens with zero attached hydrogens (tertiary/aromatic N) is 2. The number of thiazole rings is 1. The summed E-state index contributed by atoms with van der Waals surface area (Å²) in [5.41, 5.74) is 3.50. The van der Waals surface area contributed by atoms with Gasteiger partial charge >= 0.3 is 5.91 Å². The molecule has 0 spiro atoms. The number of hydrogen-bond acceptors (Lipinski definition) is 9. The Hall–Kier alpha value is -4.57. The summed E-state index contributed by atoms with van der Waals surface area (Å²) in [6.45, 7) is 3.94. The third kappa shape index (κ3) is 4.35. The number of Topliss-reactive ketones (excluding diaryl/α,β-unsaturated/α-hetero) is 1. The highest BCUT2D eigenvalue weighted by molar-refractivity contribution is 7.22. The molecule has 1 N–H and O–H groups in total. The lowest BCUT2D eigenvalue weighted by Crippen LogP contribution is -2.29. The van der Waals surface area contributed by atoms with E-state index in [-0.39, 0.29) is 17.4 Å². The van der Waals surface area contributed by atoms with E-state index in [2.05, 4.69) is 0 Å². The van der Waals surface area contributed by atoms with Gasteiger partial charge in [0.05, 0.1) is 43.2 Å². The summed E-state index contributed by atoms with van der Waals surface area (Å²) in [7, 11) is 4.47. The maximum atomic E-state index is 13.7. The molecule has 1 saturated heterocycles. The zero-order valence-corrected chi connectivity index (χ0v) is 24.0. The van der Waals surface area contributed by atoms with Crippen LogP contribution in [0.15, 0.2) is 54.1 Å². The van der Waals surface area contributed by atoms with E-state index in [1.54, 1.807) is 30.3 Å². The van der Waals surface area contributed by atoms with E-state index >= 15 is 0 Å². The Morgan fingerprint density at radius 2 is 1.76 bits per heavy atom. The number of ether oxygens (including phenoxy) is 4. The Morgan fingerprint density at radius 3 is 2.44 bits per heavy atom. The summed E-state index contributed by atoms with van der Waals surface area (Å²) in [6, 6.07) is 13.4. The standard InChI is InChI=1S/C31H28N2O7S/c1-15-6-8-20-24(10-15)41-31(32-20)33-26(19-13-22(37-3)29(39-5)23(14-19)38-4)25(28(35)30(33)36)27(34)17-7-9-21-18(12-17)11-16(2)40-21/h6-10,12-14,16,26,34H,11H2,1-5H3/b27-25+/t16-,26+/m0/s1. The molecule has 2 atom stereocenters. The van der Waals surface area contributed by atoms with Gasteiger partial charge in [-0.25, -0.2) is 4.98 Å². The number of aryl methyl sites for hydroxylation is 1. The van der Waals surface area contributed by atoms with Gasteiger partial charge in [0, 0.05) is 12.0 Å². The Balaban J connectivity index is 1.59. The number of rotatable bonds is 6.